The fourth-order valence-electron chi connectivity index (χ4n) is 14.0. The maximum atomic E-state index is 5.86. The summed E-state index contributed by atoms with van der Waals surface area (Å²) in [4.78, 5) is 17.1. The molecule has 18 aromatic rings. The molecule has 88 heavy (non-hydrogen) atoms. The van der Waals surface area contributed by atoms with Crippen molar-refractivity contribution in [3.05, 3.63) is 309 Å². The van der Waals surface area contributed by atoms with Crippen molar-refractivity contribution in [3.8, 4) is 79.2 Å². The number of fused-ring (bicyclic) bond motifs is 14. The van der Waals surface area contributed by atoms with Gasteiger partial charge >= 0.3 is 0 Å². The lowest BCUT2D eigenvalue weighted by Crippen LogP contribution is -2.11. The van der Waals surface area contributed by atoms with E-state index in [1.54, 1.807) is 0 Å². The Bertz CT molecular complexity index is 5470. The molecule has 0 aliphatic carbocycles. The third-order valence-electron chi connectivity index (χ3n) is 17.8. The summed E-state index contributed by atoms with van der Waals surface area (Å²) in [5, 5.41) is 8.94. The van der Waals surface area contributed by atoms with Gasteiger partial charge in [0.15, 0.2) is 5.82 Å². The van der Waals surface area contributed by atoms with E-state index in [-0.39, 0.29) is 0 Å². The highest BCUT2D eigenvalue weighted by Crippen LogP contribution is 2.46. The molecule has 7 heteroatoms. The highest BCUT2D eigenvalue weighted by atomic mass is 15.3. The van der Waals surface area contributed by atoms with E-state index in [0.717, 1.165) is 138 Å². The fraction of sp³-hybridized carbons (Fsp3) is 0. The molecule has 0 aliphatic heterocycles. The van der Waals surface area contributed by atoms with Crippen molar-refractivity contribution in [1.82, 2.24) is 33.2 Å². The Kier molecular flexibility index (Phi) is 11.2. The second kappa shape index (κ2) is 19.8. The third-order valence-corrected chi connectivity index (χ3v) is 17.8. The predicted octanol–water partition coefficient (Wildman–Crippen LogP) is 20.6. The molecule has 0 spiro atoms. The van der Waals surface area contributed by atoms with Crippen molar-refractivity contribution in [2.45, 2.75) is 0 Å². The molecule has 5 aromatic heterocycles. The van der Waals surface area contributed by atoms with E-state index in [1.165, 1.54) is 11.1 Å². The van der Waals surface area contributed by atoms with Gasteiger partial charge in [-0.25, -0.2) is 0 Å². The van der Waals surface area contributed by atoms with E-state index in [2.05, 4.69) is 322 Å². The average molecular weight is 1120 g/mol. The first kappa shape index (κ1) is 49.5. The van der Waals surface area contributed by atoms with E-state index in [4.69, 9.17) is 15.0 Å². The molecule has 0 aliphatic rings. The second-order valence-corrected chi connectivity index (χ2v) is 22.7. The fourth-order valence-corrected chi connectivity index (χ4v) is 14.0. The van der Waals surface area contributed by atoms with Crippen molar-refractivity contribution in [1.29, 1.82) is 0 Å². The van der Waals surface area contributed by atoms with Crippen LogP contribution >= 0.6 is 0 Å². The summed E-state index contributed by atoms with van der Waals surface area (Å²) in [5.41, 5.74) is 20.5. The van der Waals surface area contributed by atoms with Crippen molar-refractivity contribution < 1.29 is 0 Å². The molecule has 0 amide bonds. The summed E-state index contributed by atoms with van der Waals surface area (Å²) in [6.07, 6.45) is 0. The van der Waals surface area contributed by atoms with Gasteiger partial charge in [-0.3, -0.25) is 9.13 Å². The number of para-hydroxylation sites is 6. The Morgan fingerprint density at radius 3 is 0.886 bits per heavy atom. The van der Waals surface area contributed by atoms with Gasteiger partial charge in [0.2, 0.25) is 11.9 Å². The lowest BCUT2D eigenvalue weighted by atomic mass is 9.98. The first-order valence-electron chi connectivity index (χ1n) is 29.9. The summed E-state index contributed by atoms with van der Waals surface area (Å²) in [7, 11) is 0. The minimum absolute atomic E-state index is 0.505. The average Bonchev–Trinajstić information content (AvgIpc) is 1.79. The Morgan fingerprint density at radius 2 is 0.489 bits per heavy atom. The number of rotatable bonds is 9. The van der Waals surface area contributed by atoms with Gasteiger partial charge in [-0.1, -0.05) is 261 Å². The lowest BCUT2D eigenvalue weighted by Gasteiger charge is -2.17. The molecule has 0 saturated heterocycles. The predicted molar refractivity (Wildman–Crippen MR) is 364 cm³/mol. The van der Waals surface area contributed by atoms with Gasteiger partial charge in [-0.05, 0) is 81.9 Å². The SMILES string of the molecule is c1ccc(-c2cccc(-c3ccccc3-n3c4ccccc4c4ccc5c6ccccc6n(-c6nc(-c7ccccc7)nc(-n7c8ccccc8c8ccc9c%10ccccc%10n(-c%10ccccc%10-c%10cccc(-c%11ccccc%11)c%10)c9c87)n6)c5c43)c2)cc1. The smallest absolute Gasteiger partial charge is 0.240 e. The van der Waals surface area contributed by atoms with Crippen LogP contribution in [0.2, 0.25) is 0 Å². The van der Waals surface area contributed by atoms with E-state index in [9.17, 15) is 0 Å². The molecule has 0 fully saturated rings. The van der Waals surface area contributed by atoms with Crippen LogP contribution in [0.5, 0.6) is 0 Å². The Morgan fingerprint density at radius 1 is 0.193 bits per heavy atom. The molecule has 0 radical (unpaired) electrons. The minimum Gasteiger partial charge on any atom is -0.307 e. The first-order valence-corrected chi connectivity index (χ1v) is 29.9. The molecule has 410 valence electrons. The zero-order valence-electron chi connectivity index (χ0n) is 47.6. The quantitative estimate of drug-likeness (QED) is 0.145. The molecule has 0 atom stereocenters. The molecular formula is C81H51N7. The number of hydrogen-bond acceptors (Lipinski definition) is 3. The van der Waals surface area contributed by atoms with Crippen LogP contribution in [0.1, 0.15) is 0 Å². The molecule has 0 bridgehead atoms. The monoisotopic (exact) mass is 1120 g/mol. The standard InChI is InChI=1S/C81H51N7/c1-4-24-52(25-5-1)55-30-22-32-57(50-55)59-34-10-16-40-69(59)85-71-42-18-12-36-61(71)65-46-48-67-63-38-14-20-44-73(63)87(77(67)75(65)85)80-82-79(54-28-8-3-9-29-54)83-81(84-80)88-74-45-21-15-39-64(74)68-49-47-66-62-37-13-19-43-72(62)86(76(66)78(68)88)70-41-17-11-35-60(70)58-33-23-31-56(51-58)53-26-6-2-7-27-53/h1-51H. The summed E-state index contributed by atoms with van der Waals surface area (Å²) in [5.74, 6) is 1.57. The van der Waals surface area contributed by atoms with Crippen LogP contribution in [0.3, 0.4) is 0 Å². The maximum Gasteiger partial charge on any atom is 0.240 e. The number of nitrogens with zero attached hydrogens (tertiary/aromatic N) is 7. The summed E-state index contributed by atoms with van der Waals surface area (Å²) < 4.78 is 9.56. The Hall–Kier alpha value is -11.9. The maximum absolute atomic E-state index is 5.86. The van der Waals surface area contributed by atoms with Crippen molar-refractivity contribution >= 4 is 87.2 Å². The van der Waals surface area contributed by atoms with Crippen LogP contribution in [0.4, 0.5) is 0 Å². The Labute approximate surface area is 506 Å². The van der Waals surface area contributed by atoms with Crippen molar-refractivity contribution in [2.75, 3.05) is 0 Å². The molecule has 7 nitrogen and oxygen atoms in total. The second-order valence-electron chi connectivity index (χ2n) is 22.7. The van der Waals surface area contributed by atoms with Crippen LogP contribution in [-0.2, 0) is 0 Å². The summed E-state index contributed by atoms with van der Waals surface area (Å²) >= 11 is 0. The van der Waals surface area contributed by atoms with Crippen LogP contribution < -0.4 is 0 Å². The Balaban J connectivity index is 0.943. The van der Waals surface area contributed by atoms with Gasteiger partial charge in [0.25, 0.3) is 0 Å². The highest BCUT2D eigenvalue weighted by Gasteiger charge is 2.28. The molecule has 0 unspecified atom stereocenters. The van der Waals surface area contributed by atoms with Gasteiger partial charge in [-0.15, -0.1) is 0 Å². The molecule has 5 heterocycles. The molecule has 13 aromatic carbocycles. The van der Waals surface area contributed by atoms with E-state index in [1.807, 2.05) is 6.07 Å². The molecule has 18 rings (SSSR count). The number of hydrogen-bond donors (Lipinski definition) is 0. The molecular weight excluding hydrogens is 1070 g/mol. The van der Waals surface area contributed by atoms with Gasteiger partial charge in [0.05, 0.1) is 55.5 Å². The van der Waals surface area contributed by atoms with Crippen LogP contribution in [-0.4, -0.2) is 33.2 Å². The van der Waals surface area contributed by atoms with E-state index in [0.29, 0.717) is 17.7 Å². The van der Waals surface area contributed by atoms with Crippen LogP contribution in [0, 0.1) is 0 Å². The van der Waals surface area contributed by atoms with Crippen molar-refractivity contribution in [3.63, 3.8) is 0 Å². The van der Waals surface area contributed by atoms with Gasteiger partial charge in [0.1, 0.15) is 0 Å². The first-order chi connectivity index (χ1) is 43.7. The third kappa shape index (κ3) is 7.60. The molecule has 0 saturated carbocycles. The van der Waals surface area contributed by atoms with Gasteiger partial charge < -0.3 is 9.13 Å². The minimum atomic E-state index is 0.505. The zero-order valence-corrected chi connectivity index (χ0v) is 47.6. The van der Waals surface area contributed by atoms with E-state index >= 15 is 0 Å². The molecule has 0 N–H and O–H groups in total. The topological polar surface area (TPSA) is 58.4 Å². The van der Waals surface area contributed by atoms with Gasteiger partial charge in [0, 0.05) is 59.8 Å². The van der Waals surface area contributed by atoms with Gasteiger partial charge in [-0.2, -0.15) is 15.0 Å². The largest absolute Gasteiger partial charge is 0.307 e. The van der Waals surface area contributed by atoms with Crippen molar-refractivity contribution in [2.24, 2.45) is 0 Å². The zero-order chi connectivity index (χ0) is 57.8. The highest BCUT2D eigenvalue weighted by molar-refractivity contribution is 6.25. The van der Waals surface area contributed by atoms with Crippen LogP contribution in [0.25, 0.3) is 166 Å². The number of aromatic nitrogens is 7. The van der Waals surface area contributed by atoms with E-state index < -0.39 is 0 Å². The number of benzene rings is 13. The van der Waals surface area contributed by atoms with Crippen LogP contribution in [0.15, 0.2) is 309 Å². The summed E-state index contributed by atoms with van der Waals surface area (Å²) in [6, 6.07) is 111. The summed E-state index contributed by atoms with van der Waals surface area (Å²) in [6.45, 7) is 0. The normalized spacial score (nSPS) is 11.9. The lowest BCUT2D eigenvalue weighted by molar-refractivity contribution is 0.893.